The summed E-state index contributed by atoms with van der Waals surface area (Å²) in [5.74, 6) is 1.15. The van der Waals surface area contributed by atoms with Gasteiger partial charge >= 0.3 is 0 Å². The maximum atomic E-state index is 4.62. The van der Waals surface area contributed by atoms with Crippen LogP contribution in [0.5, 0.6) is 0 Å². The third-order valence-electron chi connectivity index (χ3n) is 4.09. The molecule has 4 nitrogen and oxygen atoms in total. The maximum Gasteiger partial charge on any atom is 0.133 e. The van der Waals surface area contributed by atoms with Gasteiger partial charge in [-0.15, -0.1) is 0 Å². The Kier molecular flexibility index (Phi) is 4.77. The van der Waals surface area contributed by atoms with Crippen LogP contribution in [0.25, 0.3) is 0 Å². The number of likely N-dealkylation sites (N-methyl/N-ethyl adjacent to an activating group) is 1. The van der Waals surface area contributed by atoms with Crippen LogP contribution in [-0.2, 0) is 6.54 Å². The number of rotatable bonds is 4. The van der Waals surface area contributed by atoms with Gasteiger partial charge in [0.05, 0.1) is 0 Å². The van der Waals surface area contributed by atoms with E-state index in [0.717, 1.165) is 32.0 Å². The molecule has 2 unspecified atom stereocenters. The van der Waals surface area contributed by atoms with Crippen LogP contribution in [0, 0.1) is 0 Å². The minimum absolute atomic E-state index is 0.567. The lowest BCUT2D eigenvalue weighted by Crippen LogP contribution is -2.55. The number of aromatic nitrogens is 1. The van der Waals surface area contributed by atoms with Gasteiger partial charge in [0.1, 0.15) is 5.82 Å². The van der Waals surface area contributed by atoms with Gasteiger partial charge in [0, 0.05) is 43.5 Å². The van der Waals surface area contributed by atoms with Crippen LogP contribution in [0.3, 0.4) is 0 Å². The van der Waals surface area contributed by atoms with E-state index in [0.29, 0.717) is 12.1 Å². The number of hydrogen-bond acceptors (Lipinski definition) is 4. The van der Waals surface area contributed by atoms with E-state index < -0.39 is 0 Å². The molecule has 0 radical (unpaired) electrons. The van der Waals surface area contributed by atoms with Gasteiger partial charge < -0.3 is 10.2 Å². The predicted octanol–water partition coefficient (Wildman–Crippen LogP) is 1.72. The molecule has 4 heteroatoms. The first kappa shape index (κ1) is 14.3. The molecule has 0 spiro atoms. The molecule has 0 saturated carbocycles. The molecular weight excluding hydrogens is 236 g/mol. The first-order chi connectivity index (χ1) is 9.13. The molecule has 1 aromatic heterocycles. The summed E-state index contributed by atoms with van der Waals surface area (Å²) in [6.07, 6.45) is 1.90. The Hall–Kier alpha value is -1.13. The highest BCUT2D eigenvalue weighted by Gasteiger charge is 2.28. The van der Waals surface area contributed by atoms with Crippen molar-refractivity contribution in [1.29, 1.82) is 0 Å². The summed E-state index contributed by atoms with van der Waals surface area (Å²) < 4.78 is 0. The van der Waals surface area contributed by atoms with Crippen LogP contribution >= 0.6 is 0 Å². The summed E-state index contributed by atoms with van der Waals surface area (Å²) >= 11 is 0. The second-order valence-electron chi connectivity index (χ2n) is 5.53. The van der Waals surface area contributed by atoms with Crippen LogP contribution in [0.15, 0.2) is 18.3 Å². The van der Waals surface area contributed by atoms with Gasteiger partial charge in [-0.05, 0) is 33.5 Å². The third-order valence-corrected chi connectivity index (χ3v) is 4.09. The zero-order chi connectivity index (χ0) is 13.8. The van der Waals surface area contributed by atoms with E-state index in [2.05, 4.69) is 54.0 Å². The molecule has 0 bridgehead atoms. The molecule has 1 fully saturated rings. The van der Waals surface area contributed by atoms with Gasteiger partial charge in [-0.2, -0.15) is 0 Å². The molecule has 0 aromatic carbocycles. The van der Waals surface area contributed by atoms with Crippen LogP contribution in [0.4, 0.5) is 5.82 Å². The fourth-order valence-corrected chi connectivity index (χ4v) is 2.69. The van der Waals surface area contributed by atoms with Crippen LogP contribution in [0.1, 0.15) is 26.3 Å². The summed E-state index contributed by atoms with van der Waals surface area (Å²) in [6.45, 7) is 10.7. The lowest BCUT2D eigenvalue weighted by Gasteiger charge is -2.43. The van der Waals surface area contributed by atoms with Crippen molar-refractivity contribution in [2.45, 2.75) is 39.4 Å². The summed E-state index contributed by atoms with van der Waals surface area (Å²) in [5.41, 5.74) is 1.30. The molecule has 2 rings (SSSR count). The molecule has 1 aromatic rings. The normalized spacial score (nSPS) is 24.7. The van der Waals surface area contributed by atoms with Crippen molar-refractivity contribution < 1.29 is 0 Å². The minimum Gasteiger partial charge on any atom is -0.353 e. The molecule has 1 aliphatic rings. The Morgan fingerprint density at radius 2 is 2.00 bits per heavy atom. The molecule has 1 saturated heterocycles. The SMILES string of the molecule is CCNCc1cccnc1N1CC(C)N(C)C(C)C1. The number of nitrogens with one attached hydrogen (secondary N) is 1. The molecule has 0 aliphatic carbocycles. The van der Waals surface area contributed by atoms with Crippen LogP contribution in [-0.4, -0.2) is 48.6 Å². The average Bonchev–Trinajstić information content (AvgIpc) is 2.42. The van der Waals surface area contributed by atoms with Crippen molar-refractivity contribution in [3.05, 3.63) is 23.9 Å². The molecule has 2 atom stereocenters. The Bertz CT molecular complexity index is 395. The Labute approximate surface area is 116 Å². The maximum absolute atomic E-state index is 4.62. The third kappa shape index (κ3) is 3.25. The second kappa shape index (κ2) is 6.35. The zero-order valence-electron chi connectivity index (χ0n) is 12.6. The number of piperazine rings is 1. The van der Waals surface area contributed by atoms with E-state index in [9.17, 15) is 0 Å². The number of pyridine rings is 1. The van der Waals surface area contributed by atoms with E-state index >= 15 is 0 Å². The fourth-order valence-electron chi connectivity index (χ4n) is 2.69. The number of hydrogen-bond donors (Lipinski definition) is 1. The van der Waals surface area contributed by atoms with E-state index in [1.165, 1.54) is 5.56 Å². The zero-order valence-corrected chi connectivity index (χ0v) is 12.6. The van der Waals surface area contributed by atoms with Crippen LogP contribution < -0.4 is 10.2 Å². The van der Waals surface area contributed by atoms with Crippen molar-refractivity contribution in [2.24, 2.45) is 0 Å². The van der Waals surface area contributed by atoms with Gasteiger partial charge in [-0.25, -0.2) is 4.98 Å². The molecule has 2 heterocycles. The van der Waals surface area contributed by atoms with Crippen molar-refractivity contribution >= 4 is 5.82 Å². The smallest absolute Gasteiger partial charge is 0.133 e. The van der Waals surface area contributed by atoms with Gasteiger partial charge in [0.25, 0.3) is 0 Å². The van der Waals surface area contributed by atoms with Crippen molar-refractivity contribution in [2.75, 3.05) is 31.6 Å². The molecule has 106 valence electrons. The molecule has 19 heavy (non-hydrogen) atoms. The summed E-state index contributed by atoms with van der Waals surface area (Å²) in [7, 11) is 2.21. The van der Waals surface area contributed by atoms with E-state index in [1.54, 1.807) is 0 Å². The first-order valence-corrected chi connectivity index (χ1v) is 7.25. The van der Waals surface area contributed by atoms with Crippen molar-refractivity contribution in [1.82, 2.24) is 15.2 Å². The monoisotopic (exact) mass is 262 g/mol. The highest BCUT2D eigenvalue weighted by Crippen LogP contribution is 2.22. The topological polar surface area (TPSA) is 31.4 Å². The Balaban J connectivity index is 2.17. The fraction of sp³-hybridized carbons (Fsp3) is 0.667. The van der Waals surface area contributed by atoms with Crippen molar-refractivity contribution in [3.8, 4) is 0 Å². The summed E-state index contributed by atoms with van der Waals surface area (Å²) in [6, 6.07) is 5.34. The number of nitrogens with zero attached hydrogens (tertiary/aromatic N) is 3. The predicted molar refractivity (Wildman–Crippen MR) is 80.5 cm³/mol. The molecule has 0 amide bonds. The van der Waals surface area contributed by atoms with Crippen LogP contribution in [0.2, 0.25) is 0 Å². The minimum atomic E-state index is 0.567. The van der Waals surface area contributed by atoms with Gasteiger partial charge in [0.2, 0.25) is 0 Å². The Morgan fingerprint density at radius 1 is 1.32 bits per heavy atom. The van der Waals surface area contributed by atoms with Gasteiger partial charge in [0.15, 0.2) is 0 Å². The lowest BCUT2D eigenvalue weighted by atomic mass is 10.1. The standard InChI is InChI=1S/C15H26N4/c1-5-16-9-14-7-6-8-17-15(14)19-10-12(2)18(4)13(3)11-19/h6-8,12-13,16H,5,9-11H2,1-4H3. The quantitative estimate of drug-likeness (QED) is 0.895. The largest absolute Gasteiger partial charge is 0.353 e. The summed E-state index contributed by atoms with van der Waals surface area (Å²) in [4.78, 5) is 9.50. The van der Waals surface area contributed by atoms with E-state index in [4.69, 9.17) is 0 Å². The molecule has 1 aliphatic heterocycles. The van der Waals surface area contributed by atoms with E-state index in [1.807, 2.05) is 12.3 Å². The Morgan fingerprint density at radius 3 is 2.63 bits per heavy atom. The summed E-state index contributed by atoms with van der Waals surface area (Å²) in [5, 5.41) is 3.40. The highest BCUT2D eigenvalue weighted by atomic mass is 15.3. The second-order valence-corrected chi connectivity index (χ2v) is 5.53. The van der Waals surface area contributed by atoms with Crippen molar-refractivity contribution in [3.63, 3.8) is 0 Å². The molecular formula is C15H26N4. The molecule has 1 N–H and O–H groups in total. The average molecular weight is 262 g/mol. The first-order valence-electron chi connectivity index (χ1n) is 7.25. The lowest BCUT2D eigenvalue weighted by molar-refractivity contribution is 0.169. The van der Waals surface area contributed by atoms with E-state index in [-0.39, 0.29) is 0 Å². The highest BCUT2D eigenvalue weighted by molar-refractivity contribution is 5.47. The van der Waals surface area contributed by atoms with Gasteiger partial charge in [-0.1, -0.05) is 13.0 Å². The van der Waals surface area contributed by atoms with Gasteiger partial charge in [-0.3, -0.25) is 4.90 Å². The number of anilines is 1.